The third-order valence-corrected chi connectivity index (χ3v) is 4.91. The van der Waals surface area contributed by atoms with E-state index in [1.54, 1.807) is 13.0 Å². The summed E-state index contributed by atoms with van der Waals surface area (Å²) in [7, 11) is 0. The fourth-order valence-electron chi connectivity index (χ4n) is 3.26. The molecule has 142 valence electrons. The molecule has 0 bridgehead atoms. The molecule has 0 saturated carbocycles. The summed E-state index contributed by atoms with van der Waals surface area (Å²) in [5.74, 6) is 1.02. The van der Waals surface area contributed by atoms with Crippen molar-refractivity contribution in [3.8, 4) is 11.3 Å². The topological polar surface area (TPSA) is 68.3 Å². The number of furan rings is 1. The summed E-state index contributed by atoms with van der Waals surface area (Å²) in [6.07, 6.45) is 0.576. The van der Waals surface area contributed by atoms with E-state index in [2.05, 4.69) is 10.5 Å². The number of fused-ring (bicyclic) bond motifs is 1. The van der Waals surface area contributed by atoms with E-state index in [9.17, 15) is 4.79 Å². The van der Waals surface area contributed by atoms with Gasteiger partial charge in [-0.1, -0.05) is 53.2 Å². The van der Waals surface area contributed by atoms with E-state index in [1.807, 2.05) is 55.5 Å². The first-order chi connectivity index (χ1) is 13.5. The number of hydrogen-bond donors (Lipinski definition) is 1. The second-order valence-corrected chi connectivity index (χ2v) is 7.18. The van der Waals surface area contributed by atoms with Crippen molar-refractivity contribution in [3.05, 3.63) is 76.7 Å². The molecule has 6 heteroatoms. The van der Waals surface area contributed by atoms with Gasteiger partial charge in [0.2, 0.25) is 0 Å². The molecule has 2 aromatic carbocycles. The number of hydrogen-bond acceptors (Lipinski definition) is 4. The van der Waals surface area contributed by atoms with Gasteiger partial charge >= 0.3 is 0 Å². The summed E-state index contributed by atoms with van der Waals surface area (Å²) in [4.78, 5) is 12.9. The van der Waals surface area contributed by atoms with E-state index in [1.165, 1.54) is 0 Å². The molecule has 28 heavy (non-hydrogen) atoms. The second kappa shape index (κ2) is 7.52. The van der Waals surface area contributed by atoms with E-state index in [0.29, 0.717) is 34.0 Å². The van der Waals surface area contributed by atoms with Crippen LogP contribution in [0.15, 0.2) is 63.5 Å². The predicted octanol–water partition coefficient (Wildman–Crippen LogP) is 5.41. The second-order valence-electron chi connectivity index (χ2n) is 6.77. The summed E-state index contributed by atoms with van der Waals surface area (Å²) in [6, 6.07) is 16.9. The zero-order chi connectivity index (χ0) is 19.7. The van der Waals surface area contributed by atoms with Crippen LogP contribution >= 0.6 is 11.6 Å². The highest BCUT2D eigenvalue weighted by atomic mass is 35.5. The van der Waals surface area contributed by atoms with Crippen molar-refractivity contribution >= 4 is 28.5 Å². The van der Waals surface area contributed by atoms with E-state index >= 15 is 0 Å². The fourth-order valence-corrected chi connectivity index (χ4v) is 3.49. The van der Waals surface area contributed by atoms with Crippen LogP contribution in [0.25, 0.3) is 22.2 Å². The summed E-state index contributed by atoms with van der Waals surface area (Å²) >= 11 is 6.27. The van der Waals surface area contributed by atoms with Crippen LogP contribution in [0, 0.1) is 6.92 Å². The van der Waals surface area contributed by atoms with Crippen molar-refractivity contribution in [3.63, 3.8) is 0 Å². The molecule has 0 unspecified atom stereocenters. The summed E-state index contributed by atoms with van der Waals surface area (Å²) in [5, 5.41) is 8.61. The number of halogens is 1. The summed E-state index contributed by atoms with van der Waals surface area (Å²) < 4.78 is 11.1. The van der Waals surface area contributed by atoms with E-state index in [4.69, 9.17) is 20.5 Å². The Bertz CT molecular complexity index is 1110. The van der Waals surface area contributed by atoms with Crippen molar-refractivity contribution < 1.29 is 13.7 Å². The van der Waals surface area contributed by atoms with Crippen LogP contribution in [0.5, 0.6) is 0 Å². The quantitative estimate of drug-likeness (QED) is 0.491. The molecule has 2 aromatic heterocycles. The Hall–Kier alpha value is -3.05. The Kier molecular flexibility index (Phi) is 4.92. The van der Waals surface area contributed by atoms with Gasteiger partial charge in [0.15, 0.2) is 0 Å². The van der Waals surface area contributed by atoms with Crippen LogP contribution in [0.1, 0.15) is 28.8 Å². The van der Waals surface area contributed by atoms with Gasteiger partial charge < -0.3 is 14.3 Å². The molecular weight excluding hydrogens is 376 g/mol. The Labute approximate surface area is 167 Å². The molecule has 5 nitrogen and oxygen atoms in total. The lowest BCUT2D eigenvalue weighted by atomic mass is 10.0. The summed E-state index contributed by atoms with van der Waals surface area (Å²) in [6.45, 7) is 3.65. The van der Waals surface area contributed by atoms with Crippen LogP contribution in [0.3, 0.4) is 0 Å². The molecule has 4 aromatic rings. The van der Waals surface area contributed by atoms with Crippen LogP contribution in [0.4, 0.5) is 0 Å². The largest absolute Gasteiger partial charge is 0.461 e. The van der Waals surface area contributed by atoms with Gasteiger partial charge in [-0.3, -0.25) is 4.79 Å². The first-order valence-electron chi connectivity index (χ1n) is 9.02. The van der Waals surface area contributed by atoms with Crippen molar-refractivity contribution in [1.82, 2.24) is 10.5 Å². The van der Waals surface area contributed by atoms with Gasteiger partial charge in [-0.05, 0) is 32.0 Å². The predicted molar refractivity (Wildman–Crippen MR) is 109 cm³/mol. The smallest absolute Gasteiger partial charge is 0.257 e. The highest BCUT2D eigenvalue weighted by Gasteiger charge is 2.24. The minimum Gasteiger partial charge on any atom is -0.461 e. The number of nitrogens with zero attached hydrogens (tertiary/aromatic N) is 1. The summed E-state index contributed by atoms with van der Waals surface area (Å²) in [5.41, 5.74) is 2.34. The molecule has 0 aliphatic carbocycles. The zero-order valence-corrected chi connectivity index (χ0v) is 16.3. The molecule has 4 rings (SSSR count). The number of para-hydroxylation sites is 1. The fraction of sp³-hybridized carbons (Fsp3) is 0.182. The highest BCUT2D eigenvalue weighted by Crippen LogP contribution is 2.31. The molecule has 1 atom stereocenters. The van der Waals surface area contributed by atoms with E-state index in [-0.39, 0.29) is 11.9 Å². The molecule has 0 aliphatic rings. The minimum absolute atomic E-state index is 0.138. The maximum atomic E-state index is 12.9. The van der Waals surface area contributed by atoms with Gasteiger partial charge in [0, 0.05) is 23.4 Å². The Morgan fingerprint density at radius 2 is 1.93 bits per heavy atom. The Balaban J connectivity index is 1.54. The SMILES string of the molecule is Cc1onc(-c2ccccc2Cl)c1C(=O)N[C@H](C)Cc1cc2ccccc2o1. The number of carbonyl (C=O) groups is 1. The van der Waals surface area contributed by atoms with Crippen molar-refractivity contribution in [1.29, 1.82) is 0 Å². The lowest BCUT2D eigenvalue weighted by Gasteiger charge is -2.13. The van der Waals surface area contributed by atoms with Crippen molar-refractivity contribution in [2.75, 3.05) is 0 Å². The van der Waals surface area contributed by atoms with Gasteiger partial charge in [-0.15, -0.1) is 0 Å². The normalized spacial score (nSPS) is 12.2. The number of amides is 1. The van der Waals surface area contributed by atoms with Crippen LogP contribution < -0.4 is 5.32 Å². The van der Waals surface area contributed by atoms with Crippen LogP contribution in [-0.2, 0) is 6.42 Å². The standard InChI is InChI=1S/C22H19ClN2O3/c1-13(11-16-12-15-7-3-6-10-19(15)27-16)24-22(26)20-14(2)28-25-21(20)17-8-4-5-9-18(17)23/h3-10,12-13H,11H2,1-2H3,(H,24,26)/t13-/m1/s1. The van der Waals surface area contributed by atoms with Gasteiger partial charge in [-0.2, -0.15) is 0 Å². The zero-order valence-electron chi connectivity index (χ0n) is 15.5. The first-order valence-corrected chi connectivity index (χ1v) is 9.40. The number of nitrogens with one attached hydrogen (secondary N) is 1. The average Bonchev–Trinajstić information content (AvgIpc) is 3.24. The van der Waals surface area contributed by atoms with Gasteiger partial charge in [0.25, 0.3) is 5.91 Å². The Morgan fingerprint density at radius 1 is 1.18 bits per heavy atom. The van der Waals surface area contributed by atoms with Crippen LogP contribution in [0.2, 0.25) is 5.02 Å². The number of aromatic nitrogens is 1. The maximum Gasteiger partial charge on any atom is 0.257 e. The van der Waals surface area contributed by atoms with Crippen molar-refractivity contribution in [2.24, 2.45) is 0 Å². The molecule has 0 spiro atoms. The lowest BCUT2D eigenvalue weighted by Crippen LogP contribution is -2.34. The molecule has 1 N–H and O–H groups in total. The molecule has 2 heterocycles. The molecule has 0 aliphatic heterocycles. The molecule has 0 saturated heterocycles. The van der Waals surface area contributed by atoms with Gasteiger partial charge in [0.1, 0.15) is 28.4 Å². The first kappa shape index (κ1) is 18.3. The van der Waals surface area contributed by atoms with Crippen LogP contribution in [-0.4, -0.2) is 17.1 Å². The maximum absolute atomic E-state index is 12.9. The number of rotatable bonds is 5. The highest BCUT2D eigenvalue weighted by molar-refractivity contribution is 6.33. The molecular formula is C22H19ClN2O3. The Morgan fingerprint density at radius 3 is 2.71 bits per heavy atom. The molecule has 0 fully saturated rings. The van der Waals surface area contributed by atoms with Gasteiger partial charge in [-0.25, -0.2) is 0 Å². The minimum atomic E-state index is -0.253. The van der Waals surface area contributed by atoms with Gasteiger partial charge in [0.05, 0.1) is 5.02 Å². The van der Waals surface area contributed by atoms with E-state index < -0.39 is 0 Å². The number of carbonyl (C=O) groups excluding carboxylic acids is 1. The third-order valence-electron chi connectivity index (χ3n) is 4.58. The third kappa shape index (κ3) is 3.53. The average molecular weight is 395 g/mol. The van der Waals surface area contributed by atoms with Crippen molar-refractivity contribution in [2.45, 2.75) is 26.3 Å². The monoisotopic (exact) mass is 394 g/mol. The molecule has 0 radical (unpaired) electrons. The number of aryl methyl sites for hydroxylation is 1. The lowest BCUT2D eigenvalue weighted by molar-refractivity contribution is 0.0938. The van der Waals surface area contributed by atoms with E-state index in [0.717, 1.165) is 16.7 Å². The molecule has 1 amide bonds. The number of benzene rings is 2.